The van der Waals surface area contributed by atoms with Gasteiger partial charge in [0.2, 0.25) is 0 Å². The van der Waals surface area contributed by atoms with Crippen LogP contribution in [0.25, 0.3) is 0 Å². The first kappa shape index (κ1) is 13.4. The molecular formula is C14H16N4O3. The topological polar surface area (TPSA) is 78.1 Å². The minimum absolute atomic E-state index is 0.0187. The molecule has 21 heavy (non-hydrogen) atoms. The molecule has 1 saturated carbocycles. The second-order valence-electron chi connectivity index (χ2n) is 4.99. The number of carbonyl (C=O) groups excluding carboxylic acids is 2. The van der Waals surface area contributed by atoms with E-state index in [4.69, 9.17) is 0 Å². The third kappa shape index (κ3) is 2.96. The summed E-state index contributed by atoms with van der Waals surface area (Å²) in [4.78, 5) is 23.4. The van der Waals surface area contributed by atoms with Gasteiger partial charge in [-0.1, -0.05) is 0 Å². The third-order valence-corrected chi connectivity index (χ3v) is 3.36. The highest BCUT2D eigenvalue weighted by atomic mass is 16.5. The summed E-state index contributed by atoms with van der Waals surface area (Å²) < 4.78 is 7.97. The van der Waals surface area contributed by atoms with Crippen LogP contribution in [-0.4, -0.2) is 33.3 Å². The van der Waals surface area contributed by atoms with Crippen molar-refractivity contribution in [3.05, 3.63) is 36.4 Å². The zero-order valence-corrected chi connectivity index (χ0v) is 11.7. The quantitative estimate of drug-likeness (QED) is 0.845. The summed E-state index contributed by atoms with van der Waals surface area (Å²) in [6.07, 6.45) is 7.26. The van der Waals surface area contributed by atoms with E-state index < -0.39 is 5.97 Å². The fraction of sp³-hybridized carbons (Fsp3) is 0.357. The first-order valence-electron chi connectivity index (χ1n) is 6.75. The summed E-state index contributed by atoms with van der Waals surface area (Å²) in [5.41, 5.74) is 1.19. The number of amides is 1. The maximum absolute atomic E-state index is 12.3. The van der Waals surface area contributed by atoms with Crippen LogP contribution in [0.15, 0.2) is 30.7 Å². The van der Waals surface area contributed by atoms with E-state index in [1.54, 1.807) is 12.3 Å². The van der Waals surface area contributed by atoms with Crippen LogP contribution in [-0.2, 0) is 16.1 Å². The fourth-order valence-corrected chi connectivity index (χ4v) is 2.16. The molecule has 1 amide bonds. The lowest BCUT2D eigenvalue weighted by Crippen LogP contribution is -2.16. The highest BCUT2D eigenvalue weighted by Crippen LogP contribution is 2.36. The van der Waals surface area contributed by atoms with E-state index in [1.807, 2.05) is 16.8 Å². The van der Waals surface area contributed by atoms with Crippen LogP contribution >= 0.6 is 0 Å². The van der Waals surface area contributed by atoms with Gasteiger partial charge in [-0.05, 0) is 25.0 Å². The van der Waals surface area contributed by atoms with Gasteiger partial charge in [-0.15, -0.1) is 0 Å². The minimum Gasteiger partial charge on any atom is -0.468 e. The molecular weight excluding hydrogens is 272 g/mol. The van der Waals surface area contributed by atoms with Gasteiger partial charge in [0.1, 0.15) is 12.2 Å². The smallest absolute Gasteiger partial charge is 0.327 e. The zero-order chi connectivity index (χ0) is 14.8. The molecule has 0 bridgehead atoms. The molecule has 110 valence electrons. The minimum atomic E-state index is -0.390. The maximum atomic E-state index is 12.3. The second kappa shape index (κ2) is 5.43. The van der Waals surface area contributed by atoms with E-state index in [2.05, 4.69) is 15.2 Å². The lowest BCUT2D eigenvalue weighted by Gasteiger charge is -2.07. The van der Waals surface area contributed by atoms with Crippen molar-refractivity contribution in [2.75, 3.05) is 12.4 Å². The molecule has 0 aromatic carbocycles. The standard InChI is InChI=1S/C14H16N4O3/c1-21-13(19)9-17-8-10(7-15-17)16-14(20)12-3-2-6-18(12)11-4-5-11/h2-3,6-8,11H,4-5,9H2,1H3,(H,16,20). The summed E-state index contributed by atoms with van der Waals surface area (Å²) in [7, 11) is 1.32. The van der Waals surface area contributed by atoms with Crippen molar-refractivity contribution in [3.63, 3.8) is 0 Å². The Kier molecular flexibility index (Phi) is 3.47. The van der Waals surface area contributed by atoms with Crippen molar-refractivity contribution >= 4 is 17.6 Å². The van der Waals surface area contributed by atoms with Gasteiger partial charge in [-0.25, -0.2) is 0 Å². The van der Waals surface area contributed by atoms with Crippen LogP contribution in [0, 0.1) is 0 Å². The van der Waals surface area contributed by atoms with E-state index in [9.17, 15) is 9.59 Å². The molecule has 2 aromatic heterocycles. The van der Waals surface area contributed by atoms with Crippen molar-refractivity contribution < 1.29 is 14.3 Å². The first-order chi connectivity index (χ1) is 10.2. The molecule has 0 saturated heterocycles. The Morgan fingerprint density at radius 1 is 1.48 bits per heavy atom. The molecule has 2 aromatic rings. The number of nitrogens with one attached hydrogen (secondary N) is 1. The lowest BCUT2D eigenvalue weighted by molar-refractivity contribution is -0.141. The highest BCUT2D eigenvalue weighted by molar-refractivity contribution is 6.03. The van der Waals surface area contributed by atoms with Crippen LogP contribution < -0.4 is 5.32 Å². The number of anilines is 1. The number of hydrogen-bond donors (Lipinski definition) is 1. The molecule has 2 heterocycles. The maximum Gasteiger partial charge on any atom is 0.327 e. The van der Waals surface area contributed by atoms with Crippen molar-refractivity contribution in [1.29, 1.82) is 0 Å². The summed E-state index contributed by atoms with van der Waals surface area (Å²) >= 11 is 0. The Morgan fingerprint density at radius 3 is 3.00 bits per heavy atom. The van der Waals surface area contributed by atoms with E-state index in [0.29, 0.717) is 17.4 Å². The van der Waals surface area contributed by atoms with E-state index in [1.165, 1.54) is 18.0 Å². The van der Waals surface area contributed by atoms with Crippen LogP contribution in [0.3, 0.4) is 0 Å². The summed E-state index contributed by atoms with van der Waals surface area (Å²) in [5, 5.41) is 6.79. The van der Waals surface area contributed by atoms with Crippen LogP contribution in [0.4, 0.5) is 5.69 Å². The molecule has 1 aliphatic carbocycles. The number of aromatic nitrogens is 3. The predicted molar refractivity (Wildman–Crippen MR) is 74.9 cm³/mol. The molecule has 1 aliphatic rings. The highest BCUT2D eigenvalue weighted by Gasteiger charge is 2.26. The van der Waals surface area contributed by atoms with E-state index in [0.717, 1.165) is 12.8 Å². The molecule has 0 radical (unpaired) electrons. The monoisotopic (exact) mass is 288 g/mol. The first-order valence-corrected chi connectivity index (χ1v) is 6.75. The third-order valence-electron chi connectivity index (χ3n) is 3.36. The fourth-order valence-electron chi connectivity index (χ4n) is 2.16. The SMILES string of the molecule is COC(=O)Cn1cc(NC(=O)c2cccn2C2CC2)cn1. The second-order valence-corrected chi connectivity index (χ2v) is 4.99. The Balaban J connectivity index is 1.67. The molecule has 7 nitrogen and oxygen atoms in total. The number of nitrogens with zero attached hydrogens (tertiary/aromatic N) is 3. The van der Waals surface area contributed by atoms with Crippen LogP contribution in [0.1, 0.15) is 29.4 Å². The number of carbonyl (C=O) groups is 2. The molecule has 0 unspecified atom stereocenters. The van der Waals surface area contributed by atoms with Crippen molar-refractivity contribution in [2.24, 2.45) is 0 Å². The Labute approximate surface area is 121 Å². The molecule has 1 N–H and O–H groups in total. The average Bonchev–Trinajstić information content (AvgIpc) is 3.03. The normalized spacial score (nSPS) is 14.0. The van der Waals surface area contributed by atoms with Gasteiger partial charge in [0.05, 0.1) is 19.0 Å². The van der Waals surface area contributed by atoms with E-state index in [-0.39, 0.29) is 12.5 Å². The molecule has 1 fully saturated rings. The molecule has 0 atom stereocenters. The van der Waals surface area contributed by atoms with Crippen molar-refractivity contribution in [2.45, 2.75) is 25.4 Å². The van der Waals surface area contributed by atoms with E-state index >= 15 is 0 Å². The number of ether oxygens (including phenoxy) is 1. The van der Waals surface area contributed by atoms with Crippen LogP contribution in [0.2, 0.25) is 0 Å². The number of hydrogen-bond acceptors (Lipinski definition) is 4. The van der Waals surface area contributed by atoms with Gasteiger partial charge in [0.25, 0.3) is 5.91 Å². The Hall–Kier alpha value is -2.57. The summed E-state index contributed by atoms with van der Waals surface area (Å²) in [5.74, 6) is -0.567. The van der Waals surface area contributed by atoms with Gasteiger partial charge in [0.15, 0.2) is 0 Å². The van der Waals surface area contributed by atoms with Gasteiger partial charge in [-0.2, -0.15) is 5.10 Å². The summed E-state index contributed by atoms with van der Waals surface area (Å²) in [6, 6.07) is 4.11. The summed E-state index contributed by atoms with van der Waals surface area (Å²) in [6.45, 7) is 0.0187. The van der Waals surface area contributed by atoms with Gasteiger partial charge >= 0.3 is 5.97 Å². The Bertz CT molecular complexity index is 669. The Morgan fingerprint density at radius 2 is 2.29 bits per heavy atom. The molecule has 3 rings (SSSR count). The number of rotatable bonds is 5. The molecule has 0 spiro atoms. The van der Waals surface area contributed by atoms with Gasteiger partial charge < -0.3 is 14.6 Å². The van der Waals surface area contributed by atoms with Crippen molar-refractivity contribution in [1.82, 2.24) is 14.3 Å². The van der Waals surface area contributed by atoms with Crippen molar-refractivity contribution in [3.8, 4) is 0 Å². The number of esters is 1. The zero-order valence-electron chi connectivity index (χ0n) is 11.7. The lowest BCUT2D eigenvalue weighted by atomic mass is 10.4. The number of methoxy groups -OCH3 is 1. The van der Waals surface area contributed by atoms with Gasteiger partial charge in [0, 0.05) is 18.4 Å². The average molecular weight is 288 g/mol. The van der Waals surface area contributed by atoms with Gasteiger partial charge in [-0.3, -0.25) is 14.3 Å². The molecule has 7 heteroatoms. The predicted octanol–water partition coefficient (Wildman–Crippen LogP) is 1.44. The van der Waals surface area contributed by atoms with Crippen LogP contribution in [0.5, 0.6) is 0 Å². The largest absolute Gasteiger partial charge is 0.468 e. The molecule has 0 aliphatic heterocycles.